The van der Waals surface area contributed by atoms with Crippen LogP contribution in [0.2, 0.25) is 0 Å². The van der Waals surface area contributed by atoms with E-state index in [9.17, 15) is 0 Å². The smallest absolute Gasteiger partial charge is 0.0348 e. The summed E-state index contributed by atoms with van der Waals surface area (Å²) < 4.78 is 0. The van der Waals surface area contributed by atoms with Crippen LogP contribution in [0.3, 0.4) is 0 Å². The molecule has 0 heteroatoms. The normalized spacial score (nSPS) is 11.5. The Balaban J connectivity index is 3.03. The molecule has 0 unspecified atom stereocenters. The predicted octanol–water partition coefficient (Wildman–Crippen LogP) is 17.8. The van der Waals surface area contributed by atoms with Crippen LogP contribution in [-0.4, -0.2) is 0 Å². The van der Waals surface area contributed by atoms with Crippen LogP contribution in [0.15, 0.2) is 6.08 Å². The van der Waals surface area contributed by atoms with Crippen molar-refractivity contribution in [1.29, 1.82) is 0 Å². The second-order valence-electron chi connectivity index (χ2n) is 15.5. The van der Waals surface area contributed by atoms with Crippen molar-refractivity contribution in [2.75, 3.05) is 0 Å². The van der Waals surface area contributed by atoms with Gasteiger partial charge in [0.1, 0.15) is 0 Å². The molecule has 275 valence electrons. The lowest BCUT2D eigenvalue weighted by atomic mass is 10.0. The SMILES string of the molecule is [CH]=CCCCCCCCCCCCCCCCCCCCCCCCCCCCCCCCCCCCCCCCCCCCC. The van der Waals surface area contributed by atoms with Crippen molar-refractivity contribution in [3.63, 3.8) is 0 Å². The van der Waals surface area contributed by atoms with E-state index in [0.717, 1.165) is 6.42 Å². The van der Waals surface area contributed by atoms with E-state index < -0.39 is 0 Å². The Hall–Kier alpha value is -0.260. The summed E-state index contributed by atoms with van der Waals surface area (Å²) >= 11 is 0. The summed E-state index contributed by atoms with van der Waals surface area (Å²) in [5.74, 6) is 0. The molecular weight excluding hydrogens is 553 g/mol. The van der Waals surface area contributed by atoms with Crippen LogP contribution >= 0.6 is 0 Å². The zero-order chi connectivity index (χ0) is 33.1. The Morgan fingerprint density at radius 1 is 0.217 bits per heavy atom. The van der Waals surface area contributed by atoms with E-state index in [4.69, 9.17) is 6.58 Å². The largest absolute Gasteiger partial charge is 0.0845 e. The molecule has 0 N–H and O–H groups in total. The average molecular weight is 644 g/mol. The highest BCUT2D eigenvalue weighted by atomic mass is 14.0. The summed E-state index contributed by atoms with van der Waals surface area (Å²) in [5.41, 5.74) is 0. The molecule has 0 nitrogen and oxygen atoms in total. The van der Waals surface area contributed by atoms with Crippen molar-refractivity contribution >= 4 is 0 Å². The van der Waals surface area contributed by atoms with Crippen molar-refractivity contribution in [2.45, 2.75) is 283 Å². The summed E-state index contributed by atoms with van der Waals surface area (Å²) in [4.78, 5) is 0. The van der Waals surface area contributed by atoms with Gasteiger partial charge in [0.25, 0.3) is 0 Å². The van der Waals surface area contributed by atoms with E-state index in [2.05, 4.69) is 6.92 Å². The van der Waals surface area contributed by atoms with Crippen LogP contribution in [-0.2, 0) is 0 Å². The standard InChI is InChI=1S/C46H91/c1-3-5-7-9-11-13-15-17-19-21-23-25-27-29-31-33-35-37-39-41-43-45-46-44-42-40-38-36-34-32-30-28-26-24-22-20-18-16-14-12-10-8-6-4-2/h1,3H,4-46H2,2H3. The zero-order valence-electron chi connectivity index (χ0n) is 32.6. The van der Waals surface area contributed by atoms with E-state index in [1.807, 2.05) is 6.08 Å². The number of hydrogen-bond acceptors (Lipinski definition) is 0. The first-order valence-electron chi connectivity index (χ1n) is 22.4. The lowest BCUT2D eigenvalue weighted by Crippen LogP contribution is -1.85. The molecule has 0 atom stereocenters. The van der Waals surface area contributed by atoms with Crippen LogP contribution < -0.4 is 0 Å². The Kier molecular flexibility index (Phi) is 44.5. The van der Waals surface area contributed by atoms with Crippen LogP contribution in [0.4, 0.5) is 0 Å². The second kappa shape index (κ2) is 44.7. The van der Waals surface area contributed by atoms with Gasteiger partial charge in [-0.1, -0.05) is 283 Å². The molecule has 0 aliphatic rings. The molecule has 0 fully saturated rings. The topological polar surface area (TPSA) is 0 Å². The summed E-state index contributed by atoms with van der Waals surface area (Å²) in [6, 6.07) is 0. The fourth-order valence-electron chi connectivity index (χ4n) is 7.41. The molecule has 0 saturated heterocycles. The summed E-state index contributed by atoms with van der Waals surface area (Å²) in [5, 5.41) is 0. The maximum Gasteiger partial charge on any atom is -0.0348 e. The summed E-state index contributed by atoms with van der Waals surface area (Å²) in [7, 11) is 0. The molecule has 0 amide bonds. The van der Waals surface area contributed by atoms with Crippen LogP contribution in [0.25, 0.3) is 0 Å². The Bertz CT molecular complexity index is 506. The average Bonchev–Trinajstić information content (AvgIpc) is 3.07. The minimum absolute atomic E-state index is 1.10. The lowest BCUT2D eigenvalue weighted by Gasteiger charge is -2.05. The van der Waals surface area contributed by atoms with Gasteiger partial charge < -0.3 is 0 Å². The van der Waals surface area contributed by atoms with Crippen molar-refractivity contribution in [3.05, 3.63) is 12.7 Å². The van der Waals surface area contributed by atoms with Gasteiger partial charge in [-0.05, 0) is 12.8 Å². The number of unbranched alkanes of at least 4 members (excludes halogenated alkanes) is 42. The van der Waals surface area contributed by atoms with E-state index in [1.54, 1.807) is 0 Å². The molecule has 0 rings (SSSR count). The van der Waals surface area contributed by atoms with Gasteiger partial charge >= 0.3 is 0 Å². The Morgan fingerprint density at radius 2 is 0.348 bits per heavy atom. The third-order valence-electron chi connectivity index (χ3n) is 10.7. The first-order valence-corrected chi connectivity index (χ1v) is 22.4. The molecular formula is C46H91. The van der Waals surface area contributed by atoms with E-state index in [0.29, 0.717) is 0 Å². The Labute approximate surface area is 294 Å². The van der Waals surface area contributed by atoms with Gasteiger partial charge in [-0.25, -0.2) is 0 Å². The monoisotopic (exact) mass is 644 g/mol. The minimum Gasteiger partial charge on any atom is -0.0845 e. The van der Waals surface area contributed by atoms with Gasteiger partial charge in [0.2, 0.25) is 0 Å². The number of allylic oxidation sites excluding steroid dienone is 1. The molecule has 0 aliphatic carbocycles. The Morgan fingerprint density at radius 3 is 0.478 bits per heavy atom. The first-order chi connectivity index (χ1) is 22.9. The van der Waals surface area contributed by atoms with Gasteiger partial charge in [-0.3, -0.25) is 0 Å². The maximum atomic E-state index is 5.43. The van der Waals surface area contributed by atoms with Gasteiger partial charge in [0.05, 0.1) is 0 Å². The first kappa shape index (κ1) is 45.7. The third kappa shape index (κ3) is 43.7. The van der Waals surface area contributed by atoms with Crippen molar-refractivity contribution in [2.24, 2.45) is 0 Å². The molecule has 0 aromatic heterocycles. The fourth-order valence-corrected chi connectivity index (χ4v) is 7.41. The van der Waals surface area contributed by atoms with Crippen molar-refractivity contribution < 1.29 is 0 Å². The molecule has 0 bridgehead atoms. The van der Waals surface area contributed by atoms with Crippen molar-refractivity contribution in [1.82, 2.24) is 0 Å². The van der Waals surface area contributed by atoms with Gasteiger partial charge in [0.15, 0.2) is 0 Å². The quantitative estimate of drug-likeness (QED) is 0.0580. The van der Waals surface area contributed by atoms with E-state index in [1.165, 1.54) is 270 Å². The zero-order valence-corrected chi connectivity index (χ0v) is 32.6. The highest BCUT2D eigenvalue weighted by molar-refractivity contribution is 4.61. The maximum absolute atomic E-state index is 5.43. The molecule has 46 heavy (non-hydrogen) atoms. The predicted molar refractivity (Wildman–Crippen MR) is 213 cm³/mol. The van der Waals surface area contributed by atoms with Gasteiger partial charge in [0, 0.05) is 0 Å². The summed E-state index contributed by atoms with van der Waals surface area (Å²) in [6.45, 7) is 7.74. The molecule has 0 aliphatic heterocycles. The van der Waals surface area contributed by atoms with E-state index in [-0.39, 0.29) is 0 Å². The van der Waals surface area contributed by atoms with Crippen molar-refractivity contribution in [3.8, 4) is 0 Å². The second-order valence-corrected chi connectivity index (χ2v) is 15.5. The molecule has 0 saturated carbocycles. The third-order valence-corrected chi connectivity index (χ3v) is 10.7. The molecule has 0 heterocycles. The number of rotatable bonds is 43. The number of hydrogen-bond donors (Lipinski definition) is 0. The summed E-state index contributed by atoms with van der Waals surface area (Å²) in [6.07, 6.45) is 64.8. The molecule has 0 aromatic rings. The molecule has 0 spiro atoms. The van der Waals surface area contributed by atoms with Crippen LogP contribution in [0, 0.1) is 6.58 Å². The fraction of sp³-hybridized carbons (Fsp3) is 0.957. The van der Waals surface area contributed by atoms with E-state index >= 15 is 0 Å². The van der Waals surface area contributed by atoms with Gasteiger partial charge in [-0.15, -0.1) is 0 Å². The minimum atomic E-state index is 1.10. The molecule has 0 aromatic carbocycles. The molecule has 1 radical (unpaired) electrons. The lowest BCUT2D eigenvalue weighted by molar-refractivity contribution is 0.509. The highest BCUT2D eigenvalue weighted by Crippen LogP contribution is 2.18. The van der Waals surface area contributed by atoms with Gasteiger partial charge in [-0.2, -0.15) is 0 Å². The van der Waals surface area contributed by atoms with Crippen LogP contribution in [0.1, 0.15) is 283 Å². The van der Waals surface area contributed by atoms with Crippen LogP contribution in [0.5, 0.6) is 0 Å². The highest BCUT2D eigenvalue weighted by Gasteiger charge is 1.98.